The van der Waals surface area contributed by atoms with Crippen LogP contribution in [0.4, 0.5) is 13.2 Å². The van der Waals surface area contributed by atoms with E-state index < -0.39 is 12.2 Å². The van der Waals surface area contributed by atoms with Crippen molar-refractivity contribution in [1.82, 2.24) is 15.8 Å². The second-order valence-corrected chi connectivity index (χ2v) is 3.05. The van der Waals surface area contributed by atoms with Gasteiger partial charge in [-0.1, -0.05) is 6.08 Å². The Balaban J connectivity index is 2.63. The van der Waals surface area contributed by atoms with E-state index >= 15 is 0 Å². The lowest BCUT2D eigenvalue weighted by atomic mass is 10.3. The number of aliphatic imine (C=N–C) groups is 1. The number of rotatable bonds is 1. The Hall–Kier alpha value is -1.50. The molecule has 0 aromatic rings. The van der Waals surface area contributed by atoms with Crippen LogP contribution in [0.1, 0.15) is 6.92 Å². The van der Waals surface area contributed by atoms with Crippen LogP contribution in [0, 0.1) is 0 Å². The van der Waals surface area contributed by atoms with Gasteiger partial charge in [-0.3, -0.25) is 10.0 Å². The van der Waals surface area contributed by atoms with Crippen LogP contribution in [0.5, 0.6) is 0 Å². The van der Waals surface area contributed by atoms with Crippen LogP contribution in [0.3, 0.4) is 0 Å². The average molecular weight is 234 g/mol. The fourth-order valence-corrected chi connectivity index (χ4v) is 1.12. The molecule has 1 rings (SSSR count). The van der Waals surface area contributed by atoms with Crippen molar-refractivity contribution in [3.8, 4) is 0 Å². The van der Waals surface area contributed by atoms with Crippen LogP contribution in [0.15, 0.2) is 29.5 Å². The van der Waals surface area contributed by atoms with E-state index in [1.807, 2.05) is 0 Å². The fourth-order valence-electron chi connectivity index (χ4n) is 1.12. The number of allylic oxidation sites excluding steroid dienone is 1. The second-order valence-electron chi connectivity index (χ2n) is 3.05. The number of alkyl halides is 3. The predicted octanol–water partition coefficient (Wildman–Crippen LogP) is 1.36. The van der Waals surface area contributed by atoms with Gasteiger partial charge >= 0.3 is 6.18 Å². The summed E-state index contributed by atoms with van der Waals surface area (Å²) in [6.45, 7) is 1.78. The molecule has 2 N–H and O–H groups in total. The summed E-state index contributed by atoms with van der Waals surface area (Å²) in [5.41, 5.74) is 2.26. The van der Waals surface area contributed by atoms with Crippen LogP contribution < -0.4 is 10.7 Å². The summed E-state index contributed by atoms with van der Waals surface area (Å²) in [7, 11) is 1.49. The number of halogens is 3. The maximum Gasteiger partial charge on any atom is 0.409 e. The first kappa shape index (κ1) is 12.6. The molecule has 4 nitrogen and oxygen atoms in total. The molecule has 1 unspecified atom stereocenters. The van der Waals surface area contributed by atoms with Crippen molar-refractivity contribution in [1.29, 1.82) is 0 Å². The third-order valence-corrected chi connectivity index (χ3v) is 1.88. The highest BCUT2D eigenvalue weighted by Crippen LogP contribution is 2.23. The van der Waals surface area contributed by atoms with E-state index in [0.717, 1.165) is 6.08 Å². The molecule has 90 valence electrons. The van der Waals surface area contributed by atoms with Crippen LogP contribution in [0.25, 0.3) is 0 Å². The van der Waals surface area contributed by atoms with E-state index in [9.17, 15) is 13.2 Å². The van der Waals surface area contributed by atoms with Gasteiger partial charge in [-0.2, -0.15) is 13.2 Å². The van der Waals surface area contributed by atoms with Crippen molar-refractivity contribution in [2.24, 2.45) is 4.99 Å². The van der Waals surface area contributed by atoms with E-state index in [2.05, 4.69) is 15.7 Å². The summed E-state index contributed by atoms with van der Waals surface area (Å²) in [5, 5.41) is 3.94. The van der Waals surface area contributed by atoms with Gasteiger partial charge in [-0.15, -0.1) is 0 Å². The van der Waals surface area contributed by atoms with Crippen LogP contribution in [-0.4, -0.2) is 30.2 Å². The topological polar surface area (TPSA) is 39.7 Å². The molecule has 0 aliphatic carbocycles. The molecule has 1 aliphatic heterocycles. The van der Waals surface area contributed by atoms with E-state index in [4.69, 9.17) is 0 Å². The predicted molar refractivity (Wildman–Crippen MR) is 55.3 cm³/mol. The lowest BCUT2D eigenvalue weighted by Crippen LogP contribution is -2.49. The highest BCUT2D eigenvalue weighted by molar-refractivity contribution is 5.81. The Kier molecular flexibility index (Phi) is 3.94. The van der Waals surface area contributed by atoms with Gasteiger partial charge in [0.15, 0.2) is 0 Å². The maximum atomic E-state index is 12.3. The lowest BCUT2D eigenvalue weighted by Gasteiger charge is -2.21. The largest absolute Gasteiger partial charge is 0.409 e. The van der Waals surface area contributed by atoms with Crippen LogP contribution >= 0.6 is 0 Å². The first-order valence-electron chi connectivity index (χ1n) is 4.64. The van der Waals surface area contributed by atoms with Crippen molar-refractivity contribution in [3.63, 3.8) is 0 Å². The van der Waals surface area contributed by atoms with Gasteiger partial charge in [-0.05, 0) is 19.2 Å². The molecule has 0 saturated heterocycles. The monoisotopic (exact) mass is 234 g/mol. The molecule has 0 spiro atoms. The molecule has 0 aromatic carbocycles. The van der Waals surface area contributed by atoms with Gasteiger partial charge in [0.05, 0.1) is 0 Å². The zero-order valence-electron chi connectivity index (χ0n) is 8.92. The Bertz CT molecular complexity index is 319. The highest BCUT2D eigenvalue weighted by atomic mass is 19.4. The zero-order chi connectivity index (χ0) is 12.2. The summed E-state index contributed by atoms with van der Waals surface area (Å²) in [6, 6.07) is -1.67. The van der Waals surface area contributed by atoms with Crippen LogP contribution in [-0.2, 0) is 0 Å². The third-order valence-electron chi connectivity index (χ3n) is 1.88. The van der Waals surface area contributed by atoms with Crippen molar-refractivity contribution in [2.45, 2.75) is 19.1 Å². The molecule has 0 radical (unpaired) electrons. The summed E-state index contributed by atoms with van der Waals surface area (Å²) >= 11 is 0. The molecule has 0 fully saturated rings. The van der Waals surface area contributed by atoms with Crippen molar-refractivity contribution in [2.75, 3.05) is 7.05 Å². The van der Waals surface area contributed by atoms with E-state index in [1.165, 1.54) is 18.3 Å². The van der Waals surface area contributed by atoms with Crippen molar-refractivity contribution >= 4 is 5.96 Å². The Morgan fingerprint density at radius 3 is 2.69 bits per heavy atom. The second kappa shape index (κ2) is 5.02. The van der Waals surface area contributed by atoms with E-state index in [1.54, 1.807) is 19.2 Å². The molecule has 7 heteroatoms. The molecule has 1 atom stereocenters. The number of guanidine groups is 1. The molecule has 0 aromatic heterocycles. The highest BCUT2D eigenvalue weighted by Gasteiger charge is 2.41. The summed E-state index contributed by atoms with van der Waals surface area (Å²) in [6.07, 6.45) is 1.31. The first-order valence-corrected chi connectivity index (χ1v) is 4.64. The number of hydrogen-bond acceptors (Lipinski definition) is 2. The van der Waals surface area contributed by atoms with E-state index in [-0.39, 0.29) is 0 Å². The number of nitrogens with one attached hydrogen (secondary N) is 2. The van der Waals surface area contributed by atoms with Gasteiger partial charge in [0.1, 0.15) is 6.04 Å². The average Bonchev–Trinajstić information content (AvgIpc) is 2.68. The quantitative estimate of drug-likeness (QED) is 0.531. The SMILES string of the molecule is C/C=C\NC(=NC)N1C=CC(C(F)(F)F)N1. The van der Waals surface area contributed by atoms with Gasteiger partial charge in [0, 0.05) is 13.2 Å². The summed E-state index contributed by atoms with van der Waals surface area (Å²) in [4.78, 5) is 3.82. The van der Waals surface area contributed by atoms with Gasteiger partial charge < -0.3 is 5.32 Å². The van der Waals surface area contributed by atoms with Gasteiger partial charge in [0.25, 0.3) is 0 Å². The molecular weight excluding hydrogens is 221 g/mol. The zero-order valence-corrected chi connectivity index (χ0v) is 8.92. The Morgan fingerprint density at radius 1 is 1.56 bits per heavy atom. The van der Waals surface area contributed by atoms with Crippen LogP contribution in [0.2, 0.25) is 0 Å². The molecule has 0 saturated carbocycles. The molecular formula is C9H13F3N4. The molecule has 1 heterocycles. The lowest BCUT2D eigenvalue weighted by molar-refractivity contribution is -0.147. The molecule has 0 amide bonds. The normalized spacial score (nSPS) is 22.2. The van der Waals surface area contributed by atoms with Crippen molar-refractivity contribution < 1.29 is 13.2 Å². The Morgan fingerprint density at radius 2 is 2.25 bits per heavy atom. The number of hydrogen-bond donors (Lipinski definition) is 2. The minimum atomic E-state index is -4.30. The number of nitrogens with zero attached hydrogens (tertiary/aromatic N) is 2. The standard InChI is InChI=1S/C9H13F3N4/c1-3-5-14-8(13-2)16-6-4-7(15-16)9(10,11)12/h3-7,15H,1-2H3,(H,13,14)/b5-3-. The first-order chi connectivity index (χ1) is 7.49. The summed E-state index contributed by atoms with van der Waals surface area (Å²) in [5.74, 6) is 0.293. The maximum absolute atomic E-state index is 12.3. The minimum Gasteiger partial charge on any atom is -0.332 e. The Labute approximate surface area is 91.5 Å². The van der Waals surface area contributed by atoms with E-state index in [0.29, 0.717) is 5.96 Å². The minimum absolute atomic E-state index is 0.293. The third kappa shape index (κ3) is 2.99. The fraction of sp³-hybridized carbons (Fsp3) is 0.444. The van der Waals surface area contributed by atoms with Gasteiger partial charge in [0.2, 0.25) is 5.96 Å². The summed E-state index contributed by atoms with van der Waals surface area (Å²) < 4.78 is 37.0. The molecule has 0 bridgehead atoms. The number of hydrazine groups is 1. The van der Waals surface area contributed by atoms with Gasteiger partial charge in [-0.25, -0.2) is 5.43 Å². The molecule has 16 heavy (non-hydrogen) atoms. The van der Waals surface area contributed by atoms with Crippen molar-refractivity contribution in [3.05, 3.63) is 24.6 Å². The smallest absolute Gasteiger partial charge is 0.332 e. The molecule has 1 aliphatic rings.